The third-order valence-electron chi connectivity index (χ3n) is 9.43. The van der Waals surface area contributed by atoms with Gasteiger partial charge in [-0.3, -0.25) is 0 Å². The van der Waals surface area contributed by atoms with E-state index in [4.69, 9.17) is 9.16 Å². The van der Waals surface area contributed by atoms with Crippen molar-refractivity contribution in [3.63, 3.8) is 0 Å². The van der Waals surface area contributed by atoms with Gasteiger partial charge in [-0.15, -0.1) is 6.58 Å². The Morgan fingerprint density at radius 1 is 1.02 bits per heavy atom. The number of fused-ring (bicyclic) bond motifs is 1. The SMILES string of the molecule is C=CCn1c(-c2ccc(OC)cc2CO[Si](C(C)C)(C(C)C)C(C)C)c(C2CCCCC2)c2ccc(C(=O)O)cc21. The van der Waals surface area contributed by atoms with Gasteiger partial charge in [0.1, 0.15) is 5.75 Å². The molecule has 41 heavy (non-hydrogen) atoms. The maximum atomic E-state index is 12.0. The summed E-state index contributed by atoms with van der Waals surface area (Å²) in [5.41, 5.74) is 7.47. The Balaban J connectivity index is 1.99. The first-order valence-electron chi connectivity index (χ1n) is 15.4. The largest absolute Gasteiger partial charge is 0.497 e. The van der Waals surface area contributed by atoms with E-state index in [9.17, 15) is 9.90 Å². The monoisotopic (exact) mass is 575 g/mol. The number of nitrogens with zero attached hydrogens (tertiary/aromatic N) is 1. The number of aromatic carboxylic acids is 1. The molecule has 1 fully saturated rings. The molecule has 1 N–H and O–H groups in total. The zero-order valence-electron chi connectivity index (χ0n) is 26.1. The third-order valence-corrected chi connectivity index (χ3v) is 15.5. The van der Waals surface area contributed by atoms with Crippen LogP contribution in [0, 0.1) is 0 Å². The maximum absolute atomic E-state index is 12.0. The Labute approximate surface area is 247 Å². The lowest BCUT2D eigenvalue weighted by Crippen LogP contribution is -2.47. The zero-order valence-corrected chi connectivity index (χ0v) is 27.1. The number of hydrogen-bond donors (Lipinski definition) is 1. The summed E-state index contributed by atoms with van der Waals surface area (Å²) < 4.78 is 15.1. The van der Waals surface area contributed by atoms with Gasteiger partial charge < -0.3 is 18.8 Å². The minimum Gasteiger partial charge on any atom is -0.497 e. The predicted molar refractivity (Wildman–Crippen MR) is 173 cm³/mol. The van der Waals surface area contributed by atoms with Crippen LogP contribution in [0.25, 0.3) is 22.2 Å². The van der Waals surface area contributed by atoms with Gasteiger partial charge in [0.2, 0.25) is 8.32 Å². The molecular formula is C35H49NO4Si. The number of aromatic nitrogens is 1. The first kappa shape index (κ1) is 31.1. The molecule has 0 unspecified atom stereocenters. The van der Waals surface area contributed by atoms with E-state index in [0.29, 0.717) is 41.3 Å². The lowest BCUT2D eigenvalue weighted by atomic mass is 9.81. The number of hydrogen-bond acceptors (Lipinski definition) is 3. The van der Waals surface area contributed by atoms with Crippen molar-refractivity contribution in [1.82, 2.24) is 4.57 Å². The van der Waals surface area contributed by atoms with Crippen LogP contribution in [0.2, 0.25) is 16.6 Å². The molecule has 1 saturated carbocycles. The van der Waals surface area contributed by atoms with Crippen LogP contribution in [-0.4, -0.2) is 31.1 Å². The van der Waals surface area contributed by atoms with Crippen molar-refractivity contribution in [1.29, 1.82) is 0 Å². The van der Waals surface area contributed by atoms with Crippen LogP contribution in [0.1, 0.15) is 101 Å². The van der Waals surface area contributed by atoms with Crippen molar-refractivity contribution in [3.8, 4) is 17.0 Å². The lowest BCUT2D eigenvalue weighted by molar-refractivity contribution is 0.0697. The number of allylic oxidation sites excluding steroid dienone is 1. The fraction of sp³-hybridized carbons (Fsp3) is 0.514. The van der Waals surface area contributed by atoms with Crippen LogP contribution in [-0.2, 0) is 17.6 Å². The highest BCUT2D eigenvalue weighted by atomic mass is 28.4. The molecule has 0 atom stereocenters. The molecule has 0 amide bonds. The number of carboxylic acid groups (broad SMARTS) is 1. The second-order valence-corrected chi connectivity index (χ2v) is 18.1. The highest BCUT2D eigenvalue weighted by Crippen LogP contribution is 2.47. The molecule has 1 aliphatic carbocycles. The predicted octanol–water partition coefficient (Wildman–Crippen LogP) is 9.94. The summed E-state index contributed by atoms with van der Waals surface area (Å²) in [5.74, 6) is 0.334. The van der Waals surface area contributed by atoms with E-state index in [-0.39, 0.29) is 0 Å². The summed E-state index contributed by atoms with van der Waals surface area (Å²) in [5, 5.41) is 11.0. The molecule has 0 saturated heterocycles. The molecule has 5 nitrogen and oxygen atoms in total. The minimum atomic E-state index is -2.12. The molecular weight excluding hydrogens is 526 g/mol. The quantitative estimate of drug-likeness (QED) is 0.172. The van der Waals surface area contributed by atoms with E-state index >= 15 is 0 Å². The first-order chi connectivity index (χ1) is 19.6. The third kappa shape index (κ3) is 5.91. The van der Waals surface area contributed by atoms with Crippen LogP contribution in [0.5, 0.6) is 5.75 Å². The molecule has 0 spiro atoms. The lowest BCUT2D eigenvalue weighted by Gasteiger charge is -2.42. The number of carboxylic acids is 1. The number of carbonyl (C=O) groups is 1. The van der Waals surface area contributed by atoms with Gasteiger partial charge in [0.05, 0.1) is 25.0 Å². The molecule has 3 aromatic rings. The van der Waals surface area contributed by atoms with Gasteiger partial charge in [0, 0.05) is 23.0 Å². The molecule has 222 valence electrons. The van der Waals surface area contributed by atoms with Crippen LogP contribution in [0.15, 0.2) is 49.1 Å². The van der Waals surface area contributed by atoms with Gasteiger partial charge >= 0.3 is 5.97 Å². The Bertz CT molecular complexity index is 1360. The van der Waals surface area contributed by atoms with Crippen molar-refractivity contribution in [2.75, 3.05) is 7.11 Å². The Hall–Kier alpha value is -2.83. The smallest absolute Gasteiger partial charge is 0.335 e. The van der Waals surface area contributed by atoms with Crippen LogP contribution < -0.4 is 4.74 Å². The van der Waals surface area contributed by atoms with Crippen molar-refractivity contribution in [2.45, 2.75) is 109 Å². The van der Waals surface area contributed by atoms with Crippen LogP contribution in [0.3, 0.4) is 0 Å². The summed E-state index contributed by atoms with van der Waals surface area (Å²) in [6.07, 6.45) is 7.91. The summed E-state index contributed by atoms with van der Waals surface area (Å²) in [6, 6.07) is 12.0. The van der Waals surface area contributed by atoms with Crippen LogP contribution >= 0.6 is 0 Å². The topological polar surface area (TPSA) is 60.7 Å². The highest BCUT2D eigenvalue weighted by Gasteiger charge is 2.45. The second-order valence-electron chi connectivity index (χ2n) is 12.7. The Morgan fingerprint density at radius 2 is 1.68 bits per heavy atom. The van der Waals surface area contributed by atoms with Gasteiger partial charge in [-0.25, -0.2) is 4.79 Å². The van der Waals surface area contributed by atoms with Crippen molar-refractivity contribution in [2.24, 2.45) is 0 Å². The van der Waals surface area contributed by atoms with E-state index in [1.807, 2.05) is 24.3 Å². The highest BCUT2D eigenvalue weighted by molar-refractivity contribution is 6.77. The molecule has 4 rings (SSSR count). The fourth-order valence-electron chi connectivity index (χ4n) is 7.67. The molecule has 0 bridgehead atoms. The number of benzene rings is 2. The van der Waals surface area contributed by atoms with E-state index in [2.05, 4.69) is 64.8 Å². The van der Waals surface area contributed by atoms with Crippen molar-refractivity contribution < 1.29 is 19.1 Å². The standard InChI is InChI=1S/C35H49NO4Si/c1-9-19-36-32-21-27(35(37)38)15-17-31(32)33(26-13-11-10-12-14-26)34(36)30-18-16-29(39-8)20-28(30)22-40-41(23(2)3,24(4)5)25(6)7/h9,15-18,20-21,23-26H,1,10-14,19,22H2,2-8H3,(H,37,38). The average molecular weight is 576 g/mol. The first-order valence-corrected chi connectivity index (χ1v) is 17.5. The fourth-order valence-corrected chi connectivity index (χ4v) is 13.1. The van der Waals surface area contributed by atoms with E-state index < -0.39 is 14.3 Å². The minimum absolute atomic E-state index is 0.307. The number of rotatable bonds is 12. The molecule has 0 radical (unpaired) electrons. The average Bonchev–Trinajstić information content (AvgIpc) is 3.26. The summed E-state index contributed by atoms with van der Waals surface area (Å²) >= 11 is 0. The van der Waals surface area contributed by atoms with Crippen molar-refractivity contribution >= 4 is 25.2 Å². The normalized spacial score (nSPS) is 14.9. The Kier molecular flexibility index (Phi) is 9.86. The van der Waals surface area contributed by atoms with Gasteiger partial charge in [-0.05, 0) is 76.8 Å². The van der Waals surface area contributed by atoms with Gasteiger partial charge in [-0.1, -0.05) is 72.9 Å². The van der Waals surface area contributed by atoms with Gasteiger partial charge in [-0.2, -0.15) is 0 Å². The molecule has 0 aliphatic heterocycles. The van der Waals surface area contributed by atoms with E-state index in [1.165, 1.54) is 30.5 Å². The molecule has 1 aliphatic rings. The molecule has 6 heteroatoms. The van der Waals surface area contributed by atoms with Crippen LogP contribution in [0.4, 0.5) is 0 Å². The number of ether oxygens (including phenoxy) is 1. The molecule has 1 heterocycles. The summed E-state index contributed by atoms with van der Waals surface area (Å²) in [4.78, 5) is 12.0. The summed E-state index contributed by atoms with van der Waals surface area (Å²) in [7, 11) is -0.404. The molecule has 2 aromatic carbocycles. The zero-order chi connectivity index (χ0) is 29.9. The maximum Gasteiger partial charge on any atom is 0.335 e. The van der Waals surface area contributed by atoms with Gasteiger partial charge in [0.15, 0.2) is 0 Å². The van der Waals surface area contributed by atoms with Crippen molar-refractivity contribution in [3.05, 3.63) is 65.7 Å². The van der Waals surface area contributed by atoms with E-state index in [0.717, 1.165) is 40.6 Å². The second kappa shape index (κ2) is 13.0. The summed E-state index contributed by atoms with van der Waals surface area (Å²) in [6.45, 7) is 19.1. The molecule has 1 aromatic heterocycles. The number of methoxy groups -OCH3 is 1. The Morgan fingerprint density at radius 3 is 2.24 bits per heavy atom. The van der Waals surface area contributed by atoms with E-state index in [1.54, 1.807) is 13.2 Å². The van der Waals surface area contributed by atoms with Gasteiger partial charge in [0.25, 0.3) is 0 Å².